The number of hydrogen-bond donors (Lipinski definition) is 0. The molecule has 344 valence electrons. The SMILES string of the molecule is CCCCC/C=C/C/C=C/C/C=C/C/C=C/CCCCCC(=O)OC[C@H](COP(=O)([O-])OCC[N+](C)(C)C)OC(=O)CCCCCC/C=C/C/C=C/C/C=C/CCCCC. The molecule has 0 aromatic carbocycles. The number of unbranched alkanes of at least 4 members (excludes halogenated alkanes) is 13. The lowest BCUT2D eigenvalue weighted by Gasteiger charge is -2.28. The summed E-state index contributed by atoms with van der Waals surface area (Å²) in [5, 5.41) is 0. The van der Waals surface area contributed by atoms with Crippen LogP contribution in [0, 0.1) is 0 Å². The van der Waals surface area contributed by atoms with Gasteiger partial charge in [0.15, 0.2) is 6.10 Å². The average molecular weight is 860 g/mol. The normalized spacial score (nSPS) is 14.3. The first-order chi connectivity index (χ1) is 29.0. The van der Waals surface area contributed by atoms with Crippen LogP contribution in [0.5, 0.6) is 0 Å². The minimum Gasteiger partial charge on any atom is -0.756 e. The minimum atomic E-state index is -4.65. The van der Waals surface area contributed by atoms with Gasteiger partial charge < -0.3 is 27.9 Å². The van der Waals surface area contributed by atoms with E-state index in [4.69, 9.17) is 18.5 Å². The van der Waals surface area contributed by atoms with Crippen LogP contribution < -0.4 is 4.89 Å². The zero-order chi connectivity index (χ0) is 44.3. The molecule has 60 heavy (non-hydrogen) atoms. The molecular weight excluding hydrogens is 774 g/mol. The number of phosphoric acid groups is 1. The molecule has 0 rings (SSSR count). The fourth-order valence-electron chi connectivity index (χ4n) is 5.70. The number of hydrogen-bond acceptors (Lipinski definition) is 8. The van der Waals surface area contributed by atoms with E-state index in [2.05, 4.69) is 98.9 Å². The Morgan fingerprint density at radius 1 is 0.517 bits per heavy atom. The van der Waals surface area contributed by atoms with Gasteiger partial charge in [-0.15, -0.1) is 0 Å². The Morgan fingerprint density at radius 2 is 0.900 bits per heavy atom. The molecule has 0 aliphatic carbocycles. The van der Waals surface area contributed by atoms with Gasteiger partial charge in [-0.1, -0.05) is 144 Å². The van der Waals surface area contributed by atoms with Crippen molar-refractivity contribution in [1.29, 1.82) is 0 Å². The predicted molar refractivity (Wildman–Crippen MR) is 249 cm³/mol. The van der Waals surface area contributed by atoms with E-state index >= 15 is 0 Å². The van der Waals surface area contributed by atoms with Crippen molar-refractivity contribution in [3.05, 3.63) is 85.1 Å². The molecule has 0 bridgehead atoms. The van der Waals surface area contributed by atoms with Crippen molar-refractivity contribution in [2.24, 2.45) is 0 Å². The summed E-state index contributed by atoms with van der Waals surface area (Å²) < 4.78 is 33.9. The zero-order valence-corrected chi connectivity index (χ0v) is 39.5. The summed E-state index contributed by atoms with van der Waals surface area (Å²) >= 11 is 0. The molecule has 0 amide bonds. The molecule has 0 fully saturated rings. The molecule has 0 aliphatic rings. The predicted octanol–water partition coefficient (Wildman–Crippen LogP) is 12.9. The molecule has 0 spiro atoms. The van der Waals surface area contributed by atoms with Crippen molar-refractivity contribution < 1.29 is 42.1 Å². The molecule has 0 radical (unpaired) electrons. The number of nitrogens with zero attached hydrogens (tertiary/aromatic N) is 1. The molecule has 0 N–H and O–H groups in total. The molecule has 0 aromatic rings. The monoisotopic (exact) mass is 860 g/mol. The van der Waals surface area contributed by atoms with Gasteiger partial charge >= 0.3 is 11.9 Å². The van der Waals surface area contributed by atoms with Crippen LogP contribution in [-0.2, 0) is 32.7 Å². The number of quaternary nitrogens is 1. The first-order valence-electron chi connectivity index (χ1n) is 23.3. The van der Waals surface area contributed by atoms with Crippen LogP contribution in [0.3, 0.4) is 0 Å². The van der Waals surface area contributed by atoms with Crippen LogP contribution >= 0.6 is 7.82 Å². The highest BCUT2D eigenvalue weighted by atomic mass is 31.2. The smallest absolute Gasteiger partial charge is 0.306 e. The fourth-order valence-corrected chi connectivity index (χ4v) is 6.43. The van der Waals surface area contributed by atoms with E-state index in [0.717, 1.165) is 77.0 Å². The molecule has 10 heteroatoms. The quantitative estimate of drug-likeness (QED) is 0.0196. The lowest BCUT2D eigenvalue weighted by atomic mass is 10.1. The van der Waals surface area contributed by atoms with E-state index in [0.29, 0.717) is 23.9 Å². The van der Waals surface area contributed by atoms with E-state index < -0.39 is 32.5 Å². The lowest BCUT2D eigenvalue weighted by Crippen LogP contribution is -2.37. The van der Waals surface area contributed by atoms with Crippen LogP contribution in [0.1, 0.15) is 168 Å². The lowest BCUT2D eigenvalue weighted by molar-refractivity contribution is -0.870. The maximum absolute atomic E-state index is 12.7. The van der Waals surface area contributed by atoms with Crippen molar-refractivity contribution in [2.45, 2.75) is 174 Å². The van der Waals surface area contributed by atoms with Crippen molar-refractivity contribution in [1.82, 2.24) is 0 Å². The molecule has 0 saturated carbocycles. The zero-order valence-electron chi connectivity index (χ0n) is 38.6. The van der Waals surface area contributed by atoms with Gasteiger partial charge in [0.2, 0.25) is 0 Å². The van der Waals surface area contributed by atoms with Gasteiger partial charge in [-0.25, -0.2) is 0 Å². The van der Waals surface area contributed by atoms with Crippen LogP contribution in [0.4, 0.5) is 0 Å². The molecular formula is C50H86NO8P. The van der Waals surface area contributed by atoms with Gasteiger partial charge in [0.05, 0.1) is 27.7 Å². The van der Waals surface area contributed by atoms with Crippen molar-refractivity contribution in [2.75, 3.05) is 47.5 Å². The molecule has 0 aromatic heterocycles. The first kappa shape index (κ1) is 57.2. The number of carbonyl (C=O) groups is 2. The summed E-state index contributed by atoms with van der Waals surface area (Å²) in [5.41, 5.74) is 0. The Morgan fingerprint density at radius 3 is 1.33 bits per heavy atom. The maximum atomic E-state index is 12.7. The van der Waals surface area contributed by atoms with E-state index in [-0.39, 0.29) is 26.1 Å². The van der Waals surface area contributed by atoms with Gasteiger partial charge in [0, 0.05) is 12.8 Å². The summed E-state index contributed by atoms with van der Waals surface area (Å²) in [6.45, 7) is 4.09. The molecule has 1 unspecified atom stereocenters. The van der Waals surface area contributed by atoms with Crippen LogP contribution in [0.25, 0.3) is 0 Å². The third-order valence-corrected chi connectivity index (χ3v) is 10.4. The van der Waals surface area contributed by atoms with Gasteiger partial charge in [-0.05, 0) is 96.3 Å². The molecule has 0 aliphatic heterocycles. The van der Waals surface area contributed by atoms with E-state index in [1.54, 1.807) is 0 Å². The van der Waals surface area contributed by atoms with Crippen LogP contribution in [0.2, 0.25) is 0 Å². The highest BCUT2D eigenvalue weighted by molar-refractivity contribution is 7.45. The molecule has 9 nitrogen and oxygen atoms in total. The number of carbonyl (C=O) groups excluding carboxylic acids is 2. The van der Waals surface area contributed by atoms with Crippen molar-refractivity contribution in [3.8, 4) is 0 Å². The van der Waals surface area contributed by atoms with E-state index in [1.165, 1.54) is 51.4 Å². The van der Waals surface area contributed by atoms with Gasteiger partial charge in [-0.2, -0.15) is 0 Å². The summed E-state index contributed by atoms with van der Waals surface area (Å²) in [4.78, 5) is 37.6. The Balaban J connectivity index is 4.45. The van der Waals surface area contributed by atoms with Gasteiger partial charge in [-0.3, -0.25) is 14.2 Å². The maximum Gasteiger partial charge on any atom is 0.306 e. The third-order valence-electron chi connectivity index (χ3n) is 9.39. The number of rotatable bonds is 41. The highest BCUT2D eigenvalue weighted by Gasteiger charge is 2.21. The van der Waals surface area contributed by atoms with Gasteiger partial charge in [0.25, 0.3) is 7.82 Å². The van der Waals surface area contributed by atoms with Crippen LogP contribution in [0.15, 0.2) is 85.1 Å². The van der Waals surface area contributed by atoms with Gasteiger partial charge in [0.1, 0.15) is 19.8 Å². The minimum absolute atomic E-state index is 0.0455. The summed E-state index contributed by atoms with van der Waals surface area (Å²) in [6, 6.07) is 0. The Bertz CT molecular complexity index is 1290. The molecule has 0 saturated heterocycles. The Kier molecular flexibility index (Phi) is 39.6. The number of esters is 2. The highest BCUT2D eigenvalue weighted by Crippen LogP contribution is 2.38. The second kappa shape index (κ2) is 41.5. The number of ether oxygens (including phenoxy) is 2. The third kappa shape index (κ3) is 44.7. The van der Waals surface area contributed by atoms with E-state index in [9.17, 15) is 19.0 Å². The van der Waals surface area contributed by atoms with Crippen molar-refractivity contribution >= 4 is 19.8 Å². The Labute approximate surface area is 367 Å². The number of likely N-dealkylation sites (N-methyl/N-ethyl adjacent to an activating group) is 1. The summed E-state index contributed by atoms with van der Waals surface area (Å²) in [5.74, 6) is -0.903. The standard InChI is InChI=1S/C50H86NO8P/c1-6-8-10-12-14-16-18-20-22-24-25-27-28-30-32-34-36-38-40-42-49(52)56-46-48(47-58-60(54,55)57-45-44-51(3,4)5)59-50(53)43-41-39-37-35-33-31-29-26-23-21-19-17-15-13-11-9-7-2/h14-17,20-23,25,27,29-32,48H,6-13,18-19,24,26,28,33-47H2,1-5H3/b16-14+,17-15+,22-20+,23-21+,27-25+,31-29+,32-30+/t48-/m1/s1. The molecule has 0 heterocycles. The van der Waals surface area contributed by atoms with Crippen LogP contribution in [-0.4, -0.2) is 70.0 Å². The topological polar surface area (TPSA) is 111 Å². The second-order valence-electron chi connectivity index (χ2n) is 16.4. The van der Waals surface area contributed by atoms with Crippen molar-refractivity contribution in [3.63, 3.8) is 0 Å². The summed E-state index contributed by atoms with van der Waals surface area (Å²) in [7, 11) is 1.12. The number of allylic oxidation sites excluding steroid dienone is 14. The number of phosphoric ester groups is 1. The average Bonchev–Trinajstić information content (AvgIpc) is 3.20. The fraction of sp³-hybridized carbons (Fsp3) is 0.680. The second-order valence-corrected chi connectivity index (χ2v) is 17.8. The summed E-state index contributed by atoms with van der Waals surface area (Å²) in [6.07, 6.45) is 53.2. The van der Waals surface area contributed by atoms with E-state index in [1.807, 2.05) is 21.1 Å². The Hall–Kier alpha value is -2.81. The largest absolute Gasteiger partial charge is 0.756 e. The molecule has 2 atom stereocenters. The first-order valence-corrected chi connectivity index (χ1v) is 24.8.